The molecule has 0 saturated carbocycles. The number of aliphatic imine (C=N–C) groups is 1. The minimum Gasteiger partial charge on any atom is -0.482 e. The minimum atomic E-state index is -0.789. The lowest BCUT2D eigenvalue weighted by Gasteiger charge is -2.07. The number of ether oxygens (including phenoxy) is 1. The Labute approximate surface area is 105 Å². The maximum atomic E-state index is 11.2. The normalized spacial score (nSPS) is 12.9. The van der Waals surface area contributed by atoms with Crippen LogP contribution in [0.25, 0.3) is 0 Å². The summed E-state index contributed by atoms with van der Waals surface area (Å²) in [5.41, 5.74) is 17.9. The van der Waals surface area contributed by atoms with Crippen molar-refractivity contribution in [2.75, 3.05) is 7.11 Å². The van der Waals surface area contributed by atoms with E-state index in [1.54, 1.807) is 6.07 Å². The van der Waals surface area contributed by atoms with Crippen LogP contribution in [0.5, 0.6) is 0 Å². The molecule has 0 bridgehead atoms. The van der Waals surface area contributed by atoms with E-state index in [1.807, 2.05) is 25.1 Å². The maximum Gasteiger partial charge on any atom is 0.257 e. The summed E-state index contributed by atoms with van der Waals surface area (Å²) in [6.45, 7) is 1.92. The molecule has 0 aliphatic heterocycles. The fraction of sp³-hybridized carbons (Fsp3) is 0.167. The van der Waals surface area contributed by atoms with Gasteiger partial charge in [0.15, 0.2) is 0 Å². The Morgan fingerprint density at radius 2 is 1.94 bits per heavy atom. The first-order chi connectivity index (χ1) is 8.45. The fourth-order valence-electron chi connectivity index (χ4n) is 1.37. The average Bonchev–Trinajstić information content (AvgIpc) is 2.28. The number of benzene rings is 1. The number of amidine groups is 1. The van der Waals surface area contributed by atoms with Crippen LogP contribution in [0.1, 0.15) is 5.56 Å². The number of carbonyl (C=O) groups is 1. The number of amides is 1. The van der Waals surface area contributed by atoms with E-state index in [4.69, 9.17) is 21.9 Å². The van der Waals surface area contributed by atoms with Gasteiger partial charge >= 0.3 is 0 Å². The van der Waals surface area contributed by atoms with Crippen molar-refractivity contribution in [1.29, 1.82) is 0 Å². The van der Waals surface area contributed by atoms with E-state index in [2.05, 4.69) is 4.99 Å². The van der Waals surface area contributed by atoms with Crippen molar-refractivity contribution in [3.63, 3.8) is 0 Å². The highest BCUT2D eigenvalue weighted by atomic mass is 16.5. The Morgan fingerprint density at radius 1 is 1.28 bits per heavy atom. The highest BCUT2D eigenvalue weighted by Crippen LogP contribution is 2.14. The van der Waals surface area contributed by atoms with Gasteiger partial charge in [0.1, 0.15) is 11.4 Å². The predicted molar refractivity (Wildman–Crippen MR) is 69.9 cm³/mol. The Morgan fingerprint density at radius 3 is 2.44 bits per heavy atom. The molecule has 1 rings (SSSR count). The summed E-state index contributed by atoms with van der Waals surface area (Å²) in [6.07, 6.45) is 0. The smallest absolute Gasteiger partial charge is 0.257 e. The van der Waals surface area contributed by atoms with Crippen molar-refractivity contribution in [2.24, 2.45) is 22.2 Å². The lowest BCUT2D eigenvalue weighted by atomic mass is 10.2. The van der Waals surface area contributed by atoms with Crippen LogP contribution in [0.4, 0.5) is 5.69 Å². The molecule has 0 aliphatic carbocycles. The molecule has 0 atom stereocenters. The first kappa shape index (κ1) is 13.6. The molecule has 0 aliphatic rings. The molecule has 96 valence electrons. The van der Waals surface area contributed by atoms with Crippen LogP contribution in [0.15, 0.2) is 40.7 Å². The van der Waals surface area contributed by atoms with Gasteiger partial charge in [-0.15, -0.1) is 0 Å². The summed E-state index contributed by atoms with van der Waals surface area (Å²) in [5, 5.41) is 0. The fourth-order valence-corrected chi connectivity index (χ4v) is 1.37. The van der Waals surface area contributed by atoms with E-state index in [1.165, 1.54) is 7.11 Å². The van der Waals surface area contributed by atoms with Gasteiger partial charge in [-0.1, -0.05) is 12.1 Å². The van der Waals surface area contributed by atoms with E-state index < -0.39 is 5.91 Å². The van der Waals surface area contributed by atoms with Gasteiger partial charge in [-0.05, 0) is 24.6 Å². The van der Waals surface area contributed by atoms with Crippen LogP contribution >= 0.6 is 0 Å². The standard InChI is InChI=1S/C12H16N4O2/c1-7-4-3-5-8(6-7)16-10(13)9(11(14)17)12(15)18-2/h3-6H,15H2,1-2H3,(H2,13,16)(H2,14,17). The second kappa shape index (κ2) is 5.72. The molecule has 18 heavy (non-hydrogen) atoms. The summed E-state index contributed by atoms with van der Waals surface area (Å²) < 4.78 is 4.75. The van der Waals surface area contributed by atoms with E-state index in [0.717, 1.165) is 5.56 Å². The Kier molecular flexibility index (Phi) is 4.31. The summed E-state index contributed by atoms with van der Waals surface area (Å²) in [7, 11) is 1.32. The SMILES string of the molecule is COC(N)=C(C(N)=O)C(N)=Nc1cccc(C)c1. The first-order valence-corrected chi connectivity index (χ1v) is 5.20. The van der Waals surface area contributed by atoms with Crippen molar-refractivity contribution < 1.29 is 9.53 Å². The zero-order chi connectivity index (χ0) is 13.7. The van der Waals surface area contributed by atoms with Gasteiger partial charge in [0, 0.05) is 0 Å². The van der Waals surface area contributed by atoms with Crippen LogP contribution in [0.2, 0.25) is 0 Å². The van der Waals surface area contributed by atoms with E-state index in [0.29, 0.717) is 5.69 Å². The van der Waals surface area contributed by atoms with Gasteiger partial charge in [0.2, 0.25) is 5.88 Å². The van der Waals surface area contributed by atoms with E-state index in [9.17, 15) is 4.79 Å². The molecule has 0 radical (unpaired) electrons. The largest absolute Gasteiger partial charge is 0.482 e. The van der Waals surface area contributed by atoms with E-state index >= 15 is 0 Å². The highest BCUT2D eigenvalue weighted by molar-refractivity contribution is 6.20. The minimum absolute atomic E-state index is 0.0764. The number of hydrogen-bond donors (Lipinski definition) is 3. The first-order valence-electron chi connectivity index (χ1n) is 5.20. The van der Waals surface area contributed by atoms with Gasteiger partial charge < -0.3 is 21.9 Å². The summed E-state index contributed by atoms with van der Waals surface area (Å²) in [5.74, 6) is -1.02. The molecule has 1 aromatic carbocycles. The van der Waals surface area contributed by atoms with Crippen LogP contribution in [0.3, 0.4) is 0 Å². The predicted octanol–water partition coefficient (Wildman–Crippen LogP) is 0.286. The zero-order valence-corrected chi connectivity index (χ0v) is 10.3. The van der Waals surface area contributed by atoms with Crippen LogP contribution in [0, 0.1) is 6.92 Å². The van der Waals surface area contributed by atoms with Crippen molar-refractivity contribution in [1.82, 2.24) is 0 Å². The average molecular weight is 248 g/mol. The third-order valence-electron chi connectivity index (χ3n) is 2.22. The highest BCUT2D eigenvalue weighted by Gasteiger charge is 2.16. The number of carbonyl (C=O) groups excluding carboxylic acids is 1. The molecule has 0 saturated heterocycles. The van der Waals surface area contributed by atoms with Gasteiger partial charge in [0.25, 0.3) is 5.91 Å². The Hall–Kier alpha value is -2.50. The van der Waals surface area contributed by atoms with Crippen LogP contribution in [-0.4, -0.2) is 18.9 Å². The number of primary amides is 1. The lowest BCUT2D eigenvalue weighted by molar-refractivity contribution is -0.114. The second-order valence-electron chi connectivity index (χ2n) is 3.64. The van der Waals surface area contributed by atoms with E-state index in [-0.39, 0.29) is 17.3 Å². The summed E-state index contributed by atoms with van der Waals surface area (Å²) in [4.78, 5) is 15.3. The maximum absolute atomic E-state index is 11.2. The second-order valence-corrected chi connectivity index (χ2v) is 3.64. The third-order valence-corrected chi connectivity index (χ3v) is 2.22. The number of nitrogens with two attached hydrogens (primary N) is 3. The van der Waals surface area contributed by atoms with Crippen LogP contribution in [-0.2, 0) is 9.53 Å². The van der Waals surface area contributed by atoms with Crippen LogP contribution < -0.4 is 17.2 Å². The number of aryl methyl sites for hydroxylation is 1. The van der Waals surface area contributed by atoms with Gasteiger partial charge in [-0.3, -0.25) is 4.79 Å². The molecule has 1 aromatic rings. The third kappa shape index (κ3) is 3.24. The summed E-state index contributed by atoms with van der Waals surface area (Å²) >= 11 is 0. The zero-order valence-electron chi connectivity index (χ0n) is 10.3. The number of rotatable bonds is 4. The van der Waals surface area contributed by atoms with Gasteiger partial charge in [0.05, 0.1) is 12.8 Å². The lowest BCUT2D eigenvalue weighted by Crippen LogP contribution is -2.30. The van der Waals surface area contributed by atoms with Crippen molar-refractivity contribution in [3.8, 4) is 0 Å². The van der Waals surface area contributed by atoms with Crippen molar-refractivity contribution in [3.05, 3.63) is 41.3 Å². The molecule has 0 spiro atoms. The monoisotopic (exact) mass is 248 g/mol. The molecule has 6 nitrogen and oxygen atoms in total. The molecule has 0 fully saturated rings. The molecule has 0 heterocycles. The van der Waals surface area contributed by atoms with Gasteiger partial charge in [-0.2, -0.15) is 0 Å². The van der Waals surface area contributed by atoms with Crippen molar-refractivity contribution >= 4 is 17.4 Å². The molecular weight excluding hydrogens is 232 g/mol. The Balaban J connectivity index is 3.19. The number of hydrogen-bond acceptors (Lipinski definition) is 4. The molecule has 0 aromatic heterocycles. The topological polar surface area (TPSA) is 117 Å². The molecule has 1 amide bonds. The molecule has 0 unspecified atom stereocenters. The van der Waals surface area contributed by atoms with Crippen molar-refractivity contribution in [2.45, 2.75) is 6.92 Å². The molecular formula is C12H16N4O2. The number of methoxy groups -OCH3 is 1. The summed E-state index contributed by atoms with van der Waals surface area (Å²) in [6, 6.07) is 7.31. The molecule has 6 heteroatoms. The number of nitrogens with zero attached hydrogens (tertiary/aromatic N) is 1. The Bertz CT molecular complexity index is 521. The van der Waals surface area contributed by atoms with Gasteiger partial charge in [-0.25, -0.2) is 4.99 Å². The molecule has 6 N–H and O–H groups in total. The quantitative estimate of drug-likeness (QED) is 0.307.